The van der Waals surface area contributed by atoms with Crippen molar-refractivity contribution in [2.24, 2.45) is 0 Å². The van der Waals surface area contributed by atoms with Crippen LogP contribution in [-0.4, -0.2) is 28.4 Å². The fourth-order valence-corrected chi connectivity index (χ4v) is 6.14. The van der Waals surface area contributed by atoms with Gasteiger partial charge in [-0.1, -0.05) is 59.7 Å². The molecule has 3 aromatic rings. The minimum atomic E-state index is -1.46. The highest BCUT2D eigenvalue weighted by Gasteiger charge is 2.33. The Morgan fingerprint density at radius 3 is 1.28 bits per heavy atom. The lowest BCUT2D eigenvalue weighted by molar-refractivity contribution is 0.389. The number of hydrogen-bond acceptors (Lipinski definition) is 5. The summed E-state index contributed by atoms with van der Waals surface area (Å²) in [5, 5.41) is 1.82. The highest BCUT2D eigenvalue weighted by atomic mass is 31.1. The molecule has 36 heavy (non-hydrogen) atoms. The lowest BCUT2D eigenvalue weighted by Crippen LogP contribution is -2.25. The average Bonchev–Trinajstić information content (AvgIpc) is 2.85. The molecule has 0 aromatic heterocycles. The van der Waals surface area contributed by atoms with Crippen molar-refractivity contribution < 1.29 is 23.5 Å². The van der Waals surface area contributed by atoms with Gasteiger partial charge in [0.15, 0.2) is 8.15 Å². The zero-order valence-corrected chi connectivity index (χ0v) is 24.1. The Kier molecular flexibility index (Phi) is 8.46. The molecule has 0 saturated carbocycles. The number of rotatable bonds is 8. The fourth-order valence-electron chi connectivity index (χ4n) is 4.07. The summed E-state index contributed by atoms with van der Waals surface area (Å²) in [6.07, 6.45) is 0. The first-order chi connectivity index (χ1) is 16.9. The Balaban J connectivity index is 2.43. The van der Waals surface area contributed by atoms with Crippen LogP contribution in [0.1, 0.15) is 52.7 Å². The van der Waals surface area contributed by atoms with Gasteiger partial charge >= 0.3 is 0 Å². The summed E-state index contributed by atoms with van der Waals surface area (Å²) < 4.78 is 30.5. The first-order valence-corrected chi connectivity index (χ1v) is 13.3. The Hall–Kier alpha value is -2.91. The van der Waals surface area contributed by atoms with Crippen molar-refractivity contribution in [3.63, 3.8) is 0 Å². The van der Waals surface area contributed by atoms with Gasteiger partial charge in [0.2, 0.25) is 0 Å². The predicted octanol–water partition coefficient (Wildman–Crippen LogP) is 6.74. The van der Waals surface area contributed by atoms with Crippen LogP contribution in [0.25, 0.3) is 0 Å². The van der Waals surface area contributed by atoms with E-state index in [2.05, 4.69) is 41.5 Å². The molecular formula is C30H39O5P. The summed E-state index contributed by atoms with van der Waals surface area (Å²) in [5.41, 5.74) is 1.72. The van der Waals surface area contributed by atoms with E-state index in [1.807, 2.05) is 54.6 Å². The van der Waals surface area contributed by atoms with E-state index in [1.165, 1.54) is 0 Å². The third kappa shape index (κ3) is 5.90. The van der Waals surface area contributed by atoms with Crippen molar-refractivity contribution in [3.8, 4) is 28.7 Å². The first kappa shape index (κ1) is 27.7. The van der Waals surface area contributed by atoms with Gasteiger partial charge in [0.05, 0.1) is 39.0 Å². The maximum atomic E-state index is 6.80. The monoisotopic (exact) mass is 510 g/mol. The molecule has 5 nitrogen and oxygen atoms in total. The number of hydrogen-bond donors (Lipinski definition) is 0. The second-order valence-electron chi connectivity index (χ2n) is 10.7. The van der Waals surface area contributed by atoms with E-state index in [4.69, 9.17) is 23.5 Å². The first-order valence-electron chi connectivity index (χ1n) is 12.0. The van der Waals surface area contributed by atoms with Crippen LogP contribution in [-0.2, 0) is 10.8 Å². The van der Waals surface area contributed by atoms with Crippen LogP contribution in [0.15, 0.2) is 54.6 Å². The van der Waals surface area contributed by atoms with E-state index in [0.717, 1.165) is 50.5 Å². The van der Waals surface area contributed by atoms with Crippen LogP contribution < -0.4 is 34.1 Å². The highest BCUT2D eigenvalue weighted by molar-refractivity contribution is 7.69. The van der Waals surface area contributed by atoms with Gasteiger partial charge in [-0.05, 0) is 47.2 Å². The van der Waals surface area contributed by atoms with E-state index >= 15 is 0 Å². The largest absolute Gasteiger partial charge is 0.497 e. The summed E-state index contributed by atoms with van der Waals surface area (Å²) in [6.45, 7) is 13.0. The minimum Gasteiger partial charge on any atom is -0.497 e. The van der Waals surface area contributed by atoms with Gasteiger partial charge < -0.3 is 23.5 Å². The fraction of sp³-hybridized carbons (Fsp3) is 0.400. The molecule has 6 heteroatoms. The van der Waals surface area contributed by atoms with Crippen LogP contribution >= 0.6 is 8.15 Å². The average molecular weight is 511 g/mol. The van der Waals surface area contributed by atoms with Crippen LogP contribution in [0.5, 0.6) is 28.7 Å². The molecule has 0 unspecified atom stereocenters. The molecule has 0 saturated heterocycles. The van der Waals surface area contributed by atoms with Gasteiger partial charge in [0.25, 0.3) is 0 Å². The smallest absolute Gasteiger partial charge is 0.158 e. The summed E-state index contributed by atoms with van der Waals surface area (Å²) in [5.74, 6) is 3.82. The molecule has 0 atom stereocenters. The summed E-state index contributed by atoms with van der Waals surface area (Å²) in [6, 6.07) is 17.9. The molecule has 0 bridgehead atoms. The summed E-state index contributed by atoms with van der Waals surface area (Å²) in [4.78, 5) is 0. The van der Waals surface area contributed by atoms with Crippen molar-refractivity contribution in [1.29, 1.82) is 0 Å². The second-order valence-corrected chi connectivity index (χ2v) is 12.4. The van der Waals surface area contributed by atoms with E-state index < -0.39 is 8.15 Å². The van der Waals surface area contributed by atoms with Crippen molar-refractivity contribution >= 4 is 18.8 Å². The van der Waals surface area contributed by atoms with Gasteiger partial charge in [-0.3, -0.25) is 0 Å². The van der Waals surface area contributed by atoms with Gasteiger partial charge in [-0.2, -0.15) is 0 Å². The Morgan fingerprint density at radius 2 is 0.944 bits per heavy atom. The van der Waals surface area contributed by atoms with Crippen molar-refractivity contribution in [1.82, 2.24) is 0 Å². The Bertz CT molecular complexity index is 1100. The standard InChI is InChI=1S/C30H39O5P/c1-29(2,3)23-16-21(31-7)18-25(27(23)33-9)36(35-20-14-12-11-13-15-20)26-19-22(32-8)17-24(28(26)34-10)30(4,5)6/h11-19H,1-10H3. The molecule has 0 spiro atoms. The number of benzene rings is 3. The predicted molar refractivity (Wildman–Crippen MR) is 150 cm³/mol. The van der Waals surface area contributed by atoms with Gasteiger partial charge in [-0.25, -0.2) is 0 Å². The normalized spacial score (nSPS) is 11.9. The minimum absolute atomic E-state index is 0.183. The quantitative estimate of drug-likeness (QED) is 0.314. The maximum Gasteiger partial charge on any atom is 0.158 e. The molecule has 0 aliphatic carbocycles. The zero-order chi connectivity index (χ0) is 26.7. The molecule has 0 heterocycles. The third-order valence-electron chi connectivity index (χ3n) is 5.96. The van der Waals surface area contributed by atoms with Crippen molar-refractivity contribution in [3.05, 3.63) is 65.7 Å². The Labute approximate surface area is 217 Å². The molecule has 0 amide bonds. The van der Waals surface area contributed by atoms with Crippen molar-refractivity contribution in [2.45, 2.75) is 52.4 Å². The number of para-hydroxylation sites is 1. The van der Waals surface area contributed by atoms with Crippen LogP contribution in [0, 0.1) is 0 Å². The molecule has 3 rings (SSSR count). The number of ether oxygens (including phenoxy) is 4. The summed E-state index contributed by atoms with van der Waals surface area (Å²) in [7, 11) is 5.32. The maximum absolute atomic E-state index is 6.80. The van der Waals surface area contributed by atoms with E-state index in [9.17, 15) is 0 Å². The molecule has 0 aliphatic rings. The lowest BCUT2D eigenvalue weighted by Gasteiger charge is -2.30. The third-order valence-corrected chi connectivity index (χ3v) is 7.89. The molecule has 0 N–H and O–H groups in total. The van der Waals surface area contributed by atoms with Crippen LogP contribution in [0.2, 0.25) is 0 Å². The van der Waals surface area contributed by atoms with Crippen LogP contribution in [0.4, 0.5) is 0 Å². The number of methoxy groups -OCH3 is 4. The summed E-state index contributed by atoms with van der Waals surface area (Å²) >= 11 is 0. The van der Waals surface area contributed by atoms with E-state index in [-0.39, 0.29) is 10.8 Å². The van der Waals surface area contributed by atoms with Gasteiger partial charge in [0.1, 0.15) is 28.7 Å². The molecule has 0 radical (unpaired) electrons. The molecular weight excluding hydrogens is 471 g/mol. The SMILES string of the molecule is COc1cc(P(Oc2ccccc2)c2cc(OC)cc(C(C)(C)C)c2OC)c(OC)c(C(C)(C)C)c1. The van der Waals surface area contributed by atoms with Gasteiger partial charge in [-0.15, -0.1) is 0 Å². The zero-order valence-electron chi connectivity index (χ0n) is 23.2. The lowest BCUT2D eigenvalue weighted by atomic mass is 9.86. The molecule has 0 fully saturated rings. The van der Waals surface area contributed by atoms with Gasteiger partial charge in [0, 0.05) is 11.1 Å². The Morgan fingerprint density at radius 1 is 0.528 bits per heavy atom. The topological polar surface area (TPSA) is 46.2 Å². The van der Waals surface area contributed by atoms with Crippen LogP contribution in [0.3, 0.4) is 0 Å². The highest BCUT2D eigenvalue weighted by Crippen LogP contribution is 2.48. The molecule has 0 aliphatic heterocycles. The van der Waals surface area contributed by atoms with E-state index in [0.29, 0.717) is 0 Å². The molecule has 194 valence electrons. The van der Waals surface area contributed by atoms with E-state index in [1.54, 1.807) is 28.4 Å². The molecule has 3 aromatic carbocycles. The second kappa shape index (κ2) is 11.0. The van der Waals surface area contributed by atoms with Crippen molar-refractivity contribution in [2.75, 3.05) is 28.4 Å².